The van der Waals surface area contributed by atoms with E-state index in [4.69, 9.17) is 0 Å². The molecule has 32 heavy (non-hydrogen) atoms. The summed E-state index contributed by atoms with van der Waals surface area (Å²) in [7, 11) is -3.58. The number of benzene rings is 2. The second kappa shape index (κ2) is 8.35. The monoisotopic (exact) mass is 452 g/mol. The van der Waals surface area contributed by atoms with Gasteiger partial charge in [0.2, 0.25) is 15.9 Å². The number of hydrogen-bond acceptors (Lipinski definition) is 5. The number of aryl methyl sites for hydroxylation is 1. The molecule has 7 nitrogen and oxygen atoms in total. The summed E-state index contributed by atoms with van der Waals surface area (Å²) in [5, 5.41) is 6.12. The van der Waals surface area contributed by atoms with E-state index >= 15 is 0 Å². The van der Waals surface area contributed by atoms with Gasteiger partial charge in [0.1, 0.15) is 0 Å². The summed E-state index contributed by atoms with van der Waals surface area (Å²) in [6, 6.07) is 12.9. The van der Waals surface area contributed by atoms with Crippen LogP contribution in [0.15, 0.2) is 53.6 Å². The average Bonchev–Trinajstić information content (AvgIpc) is 3.07. The van der Waals surface area contributed by atoms with Gasteiger partial charge in [-0.05, 0) is 66.9 Å². The van der Waals surface area contributed by atoms with E-state index in [-0.39, 0.29) is 24.5 Å². The number of anilines is 1. The first-order valence-electron chi connectivity index (χ1n) is 11.1. The quantitative estimate of drug-likeness (QED) is 0.729. The van der Waals surface area contributed by atoms with Crippen molar-refractivity contribution < 1.29 is 13.2 Å². The van der Waals surface area contributed by atoms with Crippen LogP contribution in [0.1, 0.15) is 29.5 Å². The molecule has 0 spiro atoms. The van der Waals surface area contributed by atoms with Crippen LogP contribution in [0.25, 0.3) is 6.08 Å². The number of fused-ring (bicyclic) bond motifs is 3. The van der Waals surface area contributed by atoms with Gasteiger partial charge in [0.15, 0.2) is 0 Å². The third-order valence-electron chi connectivity index (χ3n) is 6.64. The zero-order chi connectivity index (χ0) is 22.3. The Morgan fingerprint density at radius 3 is 2.62 bits per heavy atom. The maximum atomic E-state index is 13.5. The highest BCUT2D eigenvalue weighted by Gasteiger charge is 2.47. The van der Waals surface area contributed by atoms with E-state index in [0.717, 1.165) is 35.2 Å². The molecule has 0 aromatic heterocycles. The van der Waals surface area contributed by atoms with E-state index in [2.05, 4.69) is 15.5 Å². The van der Waals surface area contributed by atoms with Crippen molar-refractivity contribution in [2.75, 3.05) is 25.0 Å². The summed E-state index contributed by atoms with van der Waals surface area (Å²) in [4.78, 5) is 15.1. The van der Waals surface area contributed by atoms with Gasteiger partial charge >= 0.3 is 0 Å². The Bertz CT molecular complexity index is 1160. The lowest BCUT2D eigenvalue weighted by Crippen LogP contribution is -2.56. The molecule has 2 aromatic carbocycles. The minimum absolute atomic E-state index is 0.0646. The van der Waals surface area contributed by atoms with Crippen LogP contribution >= 0.6 is 0 Å². The zero-order valence-electron chi connectivity index (χ0n) is 18.1. The summed E-state index contributed by atoms with van der Waals surface area (Å²) < 4.78 is 28.8. The number of nitrogens with zero attached hydrogens (tertiary/aromatic N) is 2. The summed E-state index contributed by atoms with van der Waals surface area (Å²) in [6.45, 7) is 4.02. The first-order chi connectivity index (χ1) is 15.4. The predicted octanol–water partition coefficient (Wildman–Crippen LogP) is 2.54. The van der Waals surface area contributed by atoms with Crippen LogP contribution in [0.2, 0.25) is 0 Å². The molecule has 3 aliphatic heterocycles. The lowest BCUT2D eigenvalue weighted by Gasteiger charge is -2.39. The van der Waals surface area contributed by atoms with Gasteiger partial charge in [0, 0.05) is 37.4 Å². The molecule has 8 heteroatoms. The van der Waals surface area contributed by atoms with Crippen molar-refractivity contribution in [1.82, 2.24) is 14.5 Å². The number of carbonyl (C=O) groups excluding carboxylic acids is 1. The van der Waals surface area contributed by atoms with Crippen molar-refractivity contribution in [3.8, 4) is 0 Å². The molecule has 0 aliphatic carbocycles. The number of hydrogen-bond donors (Lipinski definition) is 2. The Kier molecular flexibility index (Phi) is 5.53. The Hall–Kier alpha value is -2.68. The van der Waals surface area contributed by atoms with Gasteiger partial charge in [0.05, 0.1) is 11.4 Å². The molecule has 2 bridgehead atoms. The second-order valence-electron chi connectivity index (χ2n) is 8.85. The Morgan fingerprint density at radius 2 is 1.88 bits per heavy atom. The van der Waals surface area contributed by atoms with Crippen molar-refractivity contribution in [3.05, 3.63) is 65.4 Å². The van der Waals surface area contributed by atoms with Crippen LogP contribution in [0.4, 0.5) is 5.69 Å². The Morgan fingerprint density at radius 1 is 1.12 bits per heavy atom. The topological polar surface area (TPSA) is 81.8 Å². The molecule has 3 heterocycles. The Labute approximate surface area is 189 Å². The standard InChI is InChI=1S/C24H28N4O3S/c1-17-4-2-3-5-23(17)26-24(29)16-27-14-20-7-8-21(15-27)28(20)32(30,31)22-9-6-18-10-11-25-13-19(18)12-22/h2-6,9-12,20-21,25H,7-8,13-16H2,1H3,(H,26,29). The Balaban J connectivity index is 1.28. The van der Waals surface area contributed by atoms with Crippen molar-refractivity contribution in [2.24, 2.45) is 0 Å². The molecule has 2 saturated heterocycles. The molecule has 3 aliphatic rings. The molecule has 168 valence electrons. The highest BCUT2D eigenvalue weighted by Crippen LogP contribution is 2.36. The zero-order valence-corrected chi connectivity index (χ0v) is 18.9. The van der Waals surface area contributed by atoms with Gasteiger partial charge in [-0.3, -0.25) is 9.69 Å². The first-order valence-corrected chi connectivity index (χ1v) is 12.5. The van der Waals surface area contributed by atoms with E-state index < -0.39 is 10.0 Å². The van der Waals surface area contributed by atoms with Crippen LogP contribution in [-0.2, 0) is 21.4 Å². The highest BCUT2D eigenvalue weighted by atomic mass is 32.2. The van der Waals surface area contributed by atoms with Crippen molar-refractivity contribution in [1.29, 1.82) is 0 Å². The van der Waals surface area contributed by atoms with E-state index in [9.17, 15) is 13.2 Å². The van der Waals surface area contributed by atoms with Crippen LogP contribution < -0.4 is 10.6 Å². The average molecular weight is 453 g/mol. The molecule has 0 saturated carbocycles. The summed E-state index contributed by atoms with van der Waals surface area (Å²) in [5.41, 5.74) is 3.88. The molecule has 2 unspecified atom stereocenters. The van der Waals surface area contributed by atoms with E-state index in [0.29, 0.717) is 24.5 Å². The number of para-hydroxylation sites is 1. The molecule has 1 amide bonds. The molecule has 2 atom stereocenters. The molecular weight excluding hydrogens is 424 g/mol. The van der Waals surface area contributed by atoms with Crippen LogP contribution in [0.5, 0.6) is 0 Å². The van der Waals surface area contributed by atoms with E-state index in [1.807, 2.05) is 49.5 Å². The van der Waals surface area contributed by atoms with Gasteiger partial charge in [0.25, 0.3) is 0 Å². The molecule has 0 radical (unpaired) electrons. The van der Waals surface area contributed by atoms with Gasteiger partial charge in [-0.1, -0.05) is 24.3 Å². The molecule has 5 rings (SSSR count). The van der Waals surface area contributed by atoms with Gasteiger partial charge in [-0.2, -0.15) is 4.31 Å². The minimum Gasteiger partial charge on any atom is -0.387 e. The molecule has 2 fully saturated rings. The normalized spacial score (nSPS) is 22.9. The van der Waals surface area contributed by atoms with Crippen LogP contribution in [0.3, 0.4) is 0 Å². The van der Waals surface area contributed by atoms with Gasteiger partial charge < -0.3 is 10.6 Å². The van der Waals surface area contributed by atoms with Crippen molar-refractivity contribution in [3.63, 3.8) is 0 Å². The summed E-state index contributed by atoms with van der Waals surface area (Å²) >= 11 is 0. The summed E-state index contributed by atoms with van der Waals surface area (Å²) in [5.74, 6) is -0.0646. The smallest absolute Gasteiger partial charge is 0.243 e. The number of likely N-dealkylation sites (tertiary alicyclic amines) is 1. The maximum Gasteiger partial charge on any atom is 0.243 e. The highest BCUT2D eigenvalue weighted by molar-refractivity contribution is 7.89. The maximum absolute atomic E-state index is 13.5. The van der Waals surface area contributed by atoms with Crippen LogP contribution in [-0.4, -0.2) is 55.2 Å². The summed E-state index contributed by atoms with van der Waals surface area (Å²) in [6.07, 6.45) is 5.50. The van der Waals surface area contributed by atoms with Crippen LogP contribution in [0, 0.1) is 6.92 Å². The second-order valence-corrected chi connectivity index (χ2v) is 10.7. The predicted molar refractivity (Wildman–Crippen MR) is 124 cm³/mol. The fourth-order valence-electron chi connectivity index (χ4n) is 5.08. The third-order valence-corrected chi connectivity index (χ3v) is 8.64. The number of amides is 1. The number of nitrogens with one attached hydrogen (secondary N) is 2. The number of rotatable bonds is 5. The molecule has 2 N–H and O–H groups in total. The van der Waals surface area contributed by atoms with Crippen molar-refractivity contribution in [2.45, 2.75) is 43.3 Å². The first kappa shape index (κ1) is 21.2. The largest absolute Gasteiger partial charge is 0.387 e. The number of sulfonamides is 1. The minimum atomic E-state index is -3.58. The third kappa shape index (κ3) is 3.94. The van der Waals surface area contributed by atoms with Crippen molar-refractivity contribution >= 4 is 27.7 Å². The lowest BCUT2D eigenvalue weighted by molar-refractivity contribution is -0.117. The van der Waals surface area contributed by atoms with Gasteiger partial charge in [-0.15, -0.1) is 0 Å². The number of piperazine rings is 1. The SMILES string of the molecule is Cc1ccccc1NC(=O)CN1CC2CCC(C1)N2S(=O)(=O)c1ccc2c(c1)CNC=C2. The van der Waals surface area contributed by atoms with E-state index in [1.165, 1.54) is 0 Å². The fraction of sp³-hybridized carbons (Fsp3) is 0.375. The van der Waals surface area contributed by atoms with E-state index in [1.54, 1.807) is 16.4 Å². The molecular formula is C24H28N4O3S. The van der Waals surface area contributed by atoms with Gasteiger partial charge in [-0.25, -0.2) is 8.42 Å². The molecule has 2 aromatic rings. The lowest BCUT2D eigenvalue weighted by atomic mass is 10.1. The number of carbonyl (C=O) groups is 1. The fourth-order valence-corrected chi connectivity index (χ4v) is 6.98.